The molecule has 0 unspecified atom stereocenters. The molecule has 0 N–H and O–H groups in total. The lowest BCUT2D eigenvalue weighted by Crippen LogP contribution is -2.33. The molecule has 3 aromatic rings. The molecule has 4 rings (SSSR count). The van der Waals surface area contributed by atoms with Gasteiger partial charge in [0.25, 0.3) is 5.91 Å². The number of hydrogen-bond donors (Lipinski definition) is 0. The van der Waals surface area contributed by atoms with Crippen LogP contribution in [0.1, 0.15) is 83.1 Å². The number of benzene rings is 1. The van der Waals surface area contributed by atoms with E-state index in [9.17, 15) is 4.79 Å². The maximum atomic E-state index is 13.5. The van der Waals surface area contributed by atoms with Gasteiger partial charge in [-0.05, 0) is 88.1 Å². The van der Waals surface area contributed by atoms with E-state index in [0.717, 1.165) is 69.5 Å². The molecule has 0 saturated carbocycles. The van der Waals surface area contributed by atoms with Crippen molar-refractivity contribution in [1.29, 1.82) is 0 Å². The van der Waals surface area contributed by atoms with Crippen LogP contribution in [0.5, 0.6) is 17.5 Å². The van der Waals surface area contributed by atoms with Gasteiger partial charge in [0, 0.05) is 19.6 Å². The van der Waals surface area contributed by atoms with Crippen molar-refractivity contribution in [3.63, 3.8) is 0 Å². The zero-order valence-corrected chi connectivity index (χ0v) is 23.3. The van der Waals surface area contributed by atoms with Gasteiger partial charge in [-0.15, -0.1) is 0 Å². The number of pyridine rings is 1. The summed E-state index contributed by atoms with van der Waals surface area (Å²) in [5.74, 6) is 1.44. The van der Waals surface area contributed by atoms with E-state index in [4.69, 9.17) is 19.4 Å². The number of hydrogen-bond acceptors (Lipinski definition) is 6. The lowest BCUT2D eigenvalue weighted by molar-refractivity contribution is 0.0745. The Balaban J connectivity index is 0.00000420. The predicted octanol–water partition coefficient (Wildman–Crippen LogP) is 6.79. The molecule has 8 nitrogen and oxygen atoms in total. The van der Waals surface area contributed by atoms with E-state index in [2.05, 4.69) is 18.7 Å². The molecule has 0 aliphatic carbocycles. The maximum Gasteiger partial charge on any atom is 0.304 e. The van der Waals surface area contributed by atoms with E-state index in [1.54, 1.807) is 13.2 Å². The van der Waals surface area contributed by atoms with Crippen LogP contribution in [0.2, 0.25) is 0 Å². The molecule has 0 spiro atoms. The number of methoxy groups -OCH3 is 1. The molecule has 1 aliphatic rings. The van der Waals surface area contributed by atoms with Crippen LogP contribution in [-0.4, -0.2) is 70.1 Å². The molecule has 3 heterocycles. The summed E-state index contributed by atoms with van der Waals surface area (Å²) in [4.78, 5) is 27.6. The lowest BCUT2D eigenvalue weighted by Gasteiger charge is -2.26. The summed E-state index contributed by atoms with van der Waals surface area (Å²) in [6.45, 7) is 9.91. The molecule has 1 saturated heterocycles. The summed E-state index contributed by atoms with van der Waals surface area (Å²) in [6.07, 6.45) is 8.94. The van der Waals surface area contributed by atoms with Crippen molar-refractivity contribution in [3.05, 3.63) is 42.1 Å². The molecule has 0 atom stereocenters. The molecule has 0 bridgehead atoms. The Morgan fingerprint density at radius 1 is 0.872 bits per heavy atom. The Morgan fingerprint density at radius 2 is 1.54 bits per heavy atom. The van der Waals surface area contributed by atoms with Gasteiger partial charge in [-0.1, -0.05) is 40.5 Å². The number of fused-ring (bicyclic) bond motifs is 1. The van der Waals surface area contributed by atoms with Crippen molar-refractivity contribution in [3.8, 4) is 17.5 Å². The Labute approximate surface area is 234 Å². The van der Waals surface area contributed by atoms with E-state index in [1.165, 1.54) is 32.4 Å². The van der Waals surface area contributed by atoms with Crippen LogP contribution in [0.15, 0.2) is 36.4 Å². The van der Waals surface area contributed by atoms with Crippen LogP contribution in [-0.2, 0) is 6.54 Å². The van der Waals surface area contributed by atoms with Crippen molar-refractivity contribution in [2.45, 2.75) is 79.2 Å². The van der Waals surface area contributed by atoms with Crippen LogP contribution in [0.4, 0.5) is 0 Å². The van der Waals surface area contributed by atoms with Crippen LogP contribution in [0.3, 0.4) is 0 Å². The van der Waals surface area contributed by atoms with Crippen molar-refractivity contribution >= 4 is 17.1 Å². The minimum absolute atomic E-state index is 0. The molecule has 1 amide bonds. The molecule has 1 aliphatic heterocycles. The number of aromatic nitrogens is 3. The summed E-state index contributed by atoms with van der Waals surface area (Å²) in [5.41, 5.74) is 1.90. The second-order valence-corrected chi connectivity index (χ2v) is 10.1. The van der Waals surface area contributed by atoms with Gasteiger partial charge in [0.2, 0.25) is 0 Å². The fraction of sp³-hybridized carbons (Fsp3) is 0.581. The molecule has 2 aromatic heterocycles. The van der Waals surface area contributed by atoms with Crippen molar-refractivity contribution in [2.24, 2.45) is 0 Å². The largest absolute Gasteiger partial charge is 0.497 e. The lowest BCUT2D eigenvalue weighted by atomic mass is 10.1. The molecule has 39 heavy (non-hydrogen) atoms. The number of amides is 1. The van der Waals surface area contributed by atoms with Crippen LogP contribution < -0.4 is 9.47 Å². The van der Waals surface area contributed by atoms with Gasteiger partial charge in [-0.2, -0.15) is 4.98 Å². The maximum absolute atomic E-state index is 13.5. The number of rotatable bonds is 14. The van der Waals surface area contributed by atoms with Crippen molar-refractivity contribution < 1.29 is 14.3 Å². The zero-order chi connectivity index (χ0) is 26.7. The van der Waals surface area contributed by atoms with Crippen LogP contribution in [0, 0.1) is 0 Å². The molecular formula is C31H47N5O3. The summed E-state index contributed by atoms with van der Waals surface area (Å²) >= 11 is 0. The van der Waals surface area contributed by atoms with Gasteiger partial charge >= 0.3 is 6.01 Å². The second kappa shape index (κ2) is 15.5. The van der Waals surface area contributed by atoms with E-state index in [-0.39, 0.29) is 13.3 Å². The first-order valence-electron chi connectivity index (χ1n) is 14.3. The number of likely N-dealkylation sites (tertiary alicyclic amines) is 1. The van der Waals surface area contributed by atoms with Crippen molar-refractivity contribution in [1.82, 2.24) is 24.3 Å². The second-order valence-electron chi connectivity index (χ2n) is 10.1. The molecule has 1 aromatic carbocycles. The van der Waals surface area contributed by atoms with Gasteiger partial charge in [0.15, 0.2) is 5.65 Å². The SMILES string of the molecule is C.CCCCN(CCCC)C(=O)c1ccc2nc(Oc3ccc(OC)cc3)n(CCCN3CCCCC3)c2n1. The number of carbonyl (C=O) groups is 1. The van der Waals surface area contributed by atoms with E-state index in [0.29, 0.717) is 23.1 Å². The van der Waals surface area contributed by atoms with Crippen molar-refractivity contribution in [2.75, 3.05) is 39.8 Å². The monoisotopic (exact) mass is 537 g/mol. The zero-order valence-electron chi connectivity index (χ0n) is 23.3. The summed E-state index contributed by atoms with van der Waals surface area (Å²) in [5, 5.41) is 0. The van der Waals surface area contributed by atoms with E-state index in [1.807, 2.05) is 39.8 Å². The van der Waals surface area contributed by atoms with Gasteiger partial charge < -0.3 is 19.3 Å². The number of carbonyl (C=O) groups excluding carboxylic acids is 1. The highest BCUT2D eigenvalue weighted by Gasteiger charge is 2.21. The number of imidazole rings is 1. The first kappa shape index (κ1) is 30.4. The number of piperidine rings is 1. The molecular weight excluding hydrogens is 490 g/mol. The Kier molecular flexibility index (Phi) is 12.1. The number of nitrogens with zero attached hydrogens (tertiary/aromatic N) is 5. The van der Waals surface area contributed by atoms with Gasteiger partial charge in [-0.25, -0.2) is 4.98 Å². The highest BCUT2D eigenvalue weighted by molar-refractivity contribution is 5.94. The standard InChI is InChI=1S/C30H43N5O3.CH4/c1-4-6-21-34(22-7-5-2)29(36)27-17-16-26-28(31-27)35(23-11-20-33-18-9-8-10-19-33)30(32-26)38-25-14-12-24(37-3)13-15-25;/h12-17H,4-11,18-23H2,1-3H3;1H4. The summed E-state index contributed by atoms with van der Waals surface area (Å²) in [7, 11) is 1.65. The average Bonchev–Trinajstić information content (AvgIpc) is 3.29. The minimum Gasteiger partial charge on any atom is -0.497 e. The highest BCUT2D eigenvalue weighted by Crippen LogP contribution is 2.27. The summed E-state index contributed by atoms with van der Waals surface area (Å²) < 4.78 is 13.5. The van der Waals surface area contributed by atoms with Gasteiger partial charge in [0.1, 0.15) is 22.7 Å². The molecule has 0 radical (unpaired) electrons. The predicted molar refractivity (Wildman–Crippen MR) is 158 cm³/mol. The van der Waals surface area contributed by atoms with Gasteiger partial charge in [0.05, 0.1) is 7.11 Å². The quantitative estimate of drug-likeness (QED) is 0.226. The van der Waals surface area contributed by atoms with Crippen LogP contribution >= 0.6 is 0 Å². The first-order valence-corrected chi connectivity index (χ1v) is 14.3. The topological polar surface area (TPSA) is 72.7 Å². The number of aryl methyl sites for hydroxylation is 1. The Morgan fingerprint density at radius 3 is 2.18 bits per heavy atom. The smallest absolute Gasteiger partial charge is 0.304 e. The Hall–Kier alpha value is -3.13. The fourth-order valence-corrected chi connectivity index (χ4v) is 4.94. The van der Waals surface area contributed by atoms with Gasteiger partial charge in [-0.3, -0.25) is 9.36 Å². The minimum atomic E-state index is -0.00695. The fourth-order valence-electron chi connectivity index (χ4n) is 4.94. The third-order valence-corrected chi connectivity index (χ3v) is 7.20. The number of ether oxygens (including phenoxy) is 2. The van der Waals surface area contributed by atoms with Crippen LogP contribution in [0.25, 0.3) is 11.2 Å². The molecule has 214 valence electrons. The third kappa shape index (κ3) is 8.18. The molecule has 8 heteroatoms. The number of unbranched alkanes of at least 4 members (excludes halogenated alkanes) is 2. The summed E-state index contributed by atoms with van der Waals surface area (Å²) in [6, 6.07) is 11.7. The highest BCUT2D eigenvalue weighted by atomic mass is 16.5. The van der Waals surface area contributed by atoms with E-state index >= 15 is 0 Å². The Bertz CT molecular complexity index is 1150. The first-order chi connectivity index (χ1) is 18.6. The average molecular weight is 538 g/mol. The third-order valence-electron chi connectivity index (χ3n) is 7.20. The normalized spacial score (nSPS) is 13.7. The molecule has 1 fully saturated rings. The van der Waals surface area contributed by atoms with E-state index < -0.39 is 0 Å².